The van der Waals surface area contributed by atoms with E-state index in [4.69, 9.17) is 9.90 Å². The minimum Gasteiger partial charge on any atom is -0.483 e. The van der Waals surface area contributed by atoms with Crippen molar-refractivity contribution >= 4 is 24.0 Å². The molecule has 1 saturated carbocycles. The van der Waals surface area contributed by atoms with Crippen molar-refractivity contribution in [1.29, 1.82) is 0 Å². The zero-order valence-corrected chi connectivity index (χ0v) is 17.4. The van der Waals surface area contributed by atoms with Gasteiger partial charge in [0.2, 0.25) is 11.8 Å². The van der Waals surface area contributed by atoms with Crippen LogP contribution in [0.25, 0.3) is 0 Å². The van der Waals surface area contributed by atoms with Crippen molar-refractivity contribution in [2.24, 2.45) is 11.8 Å². The second kappa shape index (κ2) is 10.0. The number of rotatable bonds is 4. The predicted octanol–water partition coefficient (Wildman–Crippen LogP) is 1.22. The van der Waals surface area contributed by atoms with E-state index in [9.17, 15) is 14.7 Å². The van der Waals surface area contributed by atoms with Crippen LogP contribution in [0, 0.1) is 11.8 Å². The highest BCUT2D eigenvalue weighted by molar-refractivity contribution is 5.95. The third kappa shape index (κ3) is 5.37. The molecule has 0 radical (unpaired) electrons. The van der Waals surface area contributed by atoms with Crippen LogP contribution in [0.3, 0.4) is 0 Å². The van der Waals surface area contributed by atoms with E-state index in [1.165, 1.54) is 12.5 Å². The molecule has 30 heavy (non-hydrogen) atoms. The summed E-state index contributed by atoms with van der Waals surface area (Å²) in [5.41, 5.74) is 2.25. The summed E-state index contributed by atoms with van der Waals surface area (Å²) in [4.78, 5) is 35.9. The highest BCUT2D eigenvalue weighted by Crippen LogP contribution is 2.37. The molecule has 0 bridgehead atoms. The molecule has 0 spiro atoms. The lowest BCUT2D eigenvalue weighted by Gasteiger charge is -2.35. The van der Waals surface area contributed by atoms with Crippen LogP contribution in [-0.4, -0.2) is 65.2 Å². The number of fused-ring (bicyclic) bond motifs is 1. The molecule has 0 unspecified atom stereocenters. The van der Waals surface area contributed by atoms with E-state index in [1.807, 2.05) is 4.90 Å². The monoisotopic (exact) mass is 417 g/mol. The lowest BCUT2D eigenvalue weighted by atomic mass is 9.77. The van der Waals surface area contributed by atoms with E-state index in [2.05, 4.69) is 34.5 Å². The molecule has 3 fully saturated rings. The number of hydrogen-bond acceptors (Lipinski definition) is 5. The van der Waals surface area contributed by atoms with E-state index in [0.29, 0.717) is 18.3 Å². The SMILES string of the molecule is CC(=O)N[C@@H]1C[C@@H]2CN(Cc3ccc(N4CCCC4=O)cc3)C[C@@H]2C[C@H]1O.O=CO. The van der Waals surface area contributed by atoms with Crippen molar-refractivity contribution in [2.45, 2.75) is 51.3 Å². The molecule has 8 nitrogen and oxygen atoms in total. The molecule has 8 heteroatoms. The Labute approximate surface area is 176 Å². The van der Waals surface area contributed by atoms with Crippen LogP contribution in [0.15, 0.2) is 24.3 Å². The first kappa shape index (κ1) is 22.2. The van der Waals surface area contributed by atoms with E-state index in [0.717, 1.165) is 51.1 Å². The normalized spacial score (nSPS) is 28.5. The summed E-state index contributed by atoms with van der Waals surface area (Å²) in [6, 6.07) is 8.24. The molecule has 3 aliphatic rings. The quantitative estimate of drug-likeness (QED) is 0.636. The summed E-state index contributed by atoms with van der Waals surface area (Å²) in [5.74, 6) is 1.20. The number of nitrogens with one attached hydrogen (secondary N) is 1. The Morgan fingerprint density at radius 2 is 1.83 bits per heavy atom. The fourth-order valence-corrected chi connectivity index (χ4v) is 5.03. The number of carboxylic acid groups (broad SMARTS) is 1. The molecule has 4 rings (SSSR count). The molecule has 164 valence electrons. The highest BCUT2D eigenvalue weighted by Gasteiger charge is 2.41. The van der Waals surface area contributed by atoms with Crippen molar-refractivity contribution in [2.75, 3.05) is 24.5 Å². The summed E-state index contributed by atoms with van der Waals surface area (Å²) < 4.78 is 0. The van der Waals surface area contributed by atoms with E-state index >= 15 is 0 Å². The molecular weight excluding hydrogens is 386 g/mol. The van der Waals surface area contributed by atoms with Crippen molar-refractivity contribution < 1.29 is 24.6 Å². The second-order valence-corrected chi connectivity index (χ2v) is 8.48. The first-order chi connectivity index (χ1) is 14.4. The molecule has 2 heterocycles. The first-order valence-corrected chi connectivity index (χ1v) is 10.6. The second-order valence-electron chi connectivity index (χ2n) is 8.48. The van der Waals surface area contributed by atoms with Gasteiger partial charge in [0.15, 0.2) is 0 Å². The zero-order chi connectivity index (χ0) is 21.7. The number of aliphatic hydroxyl groups excluding tert-OH is 1. The van der Waals surface area contributed by atoms with Crippen molar-refractivity contribution in [3.63, 3.8) is 0 Å². The smallest absolute Gasteiger partial charge is 0.290 e. The average Bonchev–Trinajstić information content (AvgIpc) is 3.28. The van der Waals surface area contributed by atoms with Crippen LogP contribution in [-0.2, 0) is 20.9 Å². The molecule has 4 atom stereocenters. The Morgan fingerprint density at radius 1 is 1.20 bits per heavy atom. The van der Waals surface area contributed by atoms with Crippen LogP contribution in [0.4, 0.5) is 5.69 Å². The van der Waals surface area contributed by atoms with Gasteiger partial charge in [-0.3, -0.25) is 19.3 Å². The van der Waals surface area contributed by atoms with Crippen LogP contribution >= 0.6 is 0 Å². The highest BCUT2D eigenvalue weighted by atomic mass is 16.3. The summed E-state index contributed by atoms with van der Waals surface area (Å²) >= 11 is 0. The Kier molecular flexibility index (Phi) is 7.44. The molecule has 3 N–H and O–H groups in total. The maximum absolute atomic E-state index is 11.9. The van der Waals surface area contributed by atoms with E-state index in [-0.39, 0.29) is 24.3 Å². The number of nitrogens with zero attached hydrogens (tertiary/aromatic N) is 2. The maximum atomic E-state index is 11.9. The molecule has 1 aliphatic carbocycles. The maximum Gasteiger partial charge on any atom is 0.290 e. The third-order valence-electron chi connectivity index (χ3n) is 6.33. The number of amides is 2. The van der Waals surface area contributed by atoms with Gasteiger partial charge in [-0.1, -0.05) is 12.1 Å². The van der Waals surface area contributed by atoms with Crippen LogP contribution in [0.2, 0.25) is 0 Å². The lowest BCUT2D eigenvalue weighted by Crippen LogP contribution is -2.48. The third-order valence-corrected chi connectivity index (χ3v) is 6.33. The Balaban J connectivity index is 0.000000806. The summed E-state index contributed by atoms with van der Waals surface area (Å²) in [7, 11) is 0. The minimum absolute atomic E-state index is 0.0658. The number of anilines is 1. The Hall–Kier alpha value is -2.45. The molecule has 0 aromatic heterocycles. The fourth-order valence-electron chi connectivity index (χ4n) is 5.03. The number of aliphatic hydroxyl groups is 1. The van der Waals surface area contributed by atoms with Crippen molar-refractivity contribution in [3.05, 3.63) is 29.8 Å². The van der Waals surface area contributed by atoms with Gasteiger partial charge in [0, 0.05) is 45.2 Å². The van der Waals surface area contributed by atoms with E-state index in [1.54, 1.807) is 0 Å². The van der Waals surface area contributed by atoms with Gasteiger partial charge in [-0.05, 0) is 48.8 Å². The average molecular weight is 418 g/mol. The van der Waals surface area contributed by atoms with Crippen LogP contribution < -0.4 is 10.2 Å². The van der Waals surface area contributed by atoms with Gasteiger partial charge in [-0.15, -0.1) is 0 Å². The minimum atomic E-state index is -0.438. The zero-order valence-electron chi connectivity index (χ0n) is 17.4. The topological polar surface area (TPSA) is 110 Å². The number of hydrogen-bond donors (Lipinski definition) is 3. The summed E-state index contributed by atoms with van der Waals surface area (Å²) in [6.45, 7) is 4.99. The van der Waals surface area contributed by atoms with Gasteiger partial charge in [0.25, 0.3) is 6.47 Å². The largest absolute Gasteiger partial charge is 0.483 e. The fraction of sp³-hybridized carbons (Fsp3) is 0.591. The van der Waals surface area contributed by atoms with Gasteiger partial charge in [0.1, 0.15) is 0 Å². The molecular formula is C22H31N3O5. The van der Waals surface area contributed by atoms with Crippen LogP contribution in [0.1, 0.15) is 38.2 Å². The van der Waals surface area contributed by atoms with Gasteiger partial charge < -0.3 is 20.4 Å². The Morgan fingerprint density at radius 3 is 2.40 bits per heavy atom. The van der Waals surface area contributed by atoms with Gasteiger partial charge >= 0.3 is 0 Å². The molecule has 2 saturated heterocycles. The molecule has 1 aromatic carbocycles. The summed E-state index contributed by atoms with van der Waals surface area (Å²) in [6.07, 6.45) is 2.79. The van der Waals surface area contributed by atoms with Crippen molar-refractivity contribution in [3.8, 4) is 0 Å². The van der Waals surface area contributed by atoms with Crippen molar-refractivity contribution in [1.82, 2.24) is 10.2 Å². The van der Waals surface area contributed by atoms with Gasteiger partial charge in [-0.2, -0.15) is 0 Å². The lowest BCUT2D eigenvalue weighted by molar-refractivity contribution is -0.123. The summed E-state index contributed by atoms with van der Waals surface area (Å²) in [5, 5.41) is 20.1. The van der Waals surface area contributed by atoms with Crippen LogP contribution in [0.5, 0.6) is 0 Å². The number of carbonyl (C=O) groups excluding carboxylic acids is 2. The molecule has 2 amide bonds. The number of carbonyl (C=O) groups is 3. The standard InChI is InChI=1S/C21H29N3O3.CH2O2/c1-14(25)22-19-9-16-12-23(13-17(16)10-20(19)26)11-15-4-6-18(7-5-15)24-8-2-3-21(24)27;2-1-3/h4-7,16-17,19-20,26H,2-3,8-13H2,1H3,(H,22,25);1H,(H,2,3)/t16-,17+,19-,20-;/m1./s1. The molecule has 2 aliphatic heterocycles. The Bertz CT molecular complexity index is 754. The predicted molar refractivity (Wildman–Crippen MR) is 112 cm³/mol. The number of likely N-dealkylation sites (tertiary alicyclic amines) is 1. The van der Waals surface area contributed by atoms with E-state index < -0.39 is 6.10 Å². The number of benzene rings is 1. The first-order valence-electron chi connectivity index (χ1n) is 10.6. The van der Waals surface area contributed by atoms with Gasteiger partial charge in [0.05, 0.1) is 12.1 Å². The molecule has 1 aromatic rings. The van der Waals surface area contributed by atoms with Gasteiger partial charge in [-0.25, -0.2) is 0 Å².